The second-order valence-corrected chi connectivity index (χ2v) is 13.1. The van der Waals surface area contributed by atoms with Crippen molar-refractivity contribution < 1.29 is 19.8 Å². The number of aliphatic hydroxyl groups excluding tert-OH is 2. The number of carbonyl (C=O) groups excluding carboxylic acids is 2. The van der Waals surface area contributed by atoms with Crippen molar-refractivity contribution in [1.82, 2.24) is 5.32 Å². The molecule has 0 bridgehead atoms. The summed E-state index contributed by atoms with van der Waals surface area (Å²) in [6.07, 6.45) is 17.2. The molecule has 0 aromatic heterocycles. The molecule has 4 fully saturated rings. The molecule has 0 aromatic carbocycles. The molecule has 0 aliphatic heterocycles. The SMILES string of the molecule is C[C@]12CCC(=O)C[C@@H]1C[C@@H](CCCCCCCCC(=O)NCCO)[C@@H]1[C@@H]2CC[C@]2(C)[C@@H](O)CC[C@@H]12. The maximum atomic E-state index is 12.4. The maximum absolute atomic E-state index is 12.4. The summed E-state index contributed by atoms with van der Waals surface area (Å²) >= 11 is 0. The Bertz CT molecular complexity index is 740. The lowest BCUT2D eigenvalue weighted by Crippen LogP contribution is -2.57. The van der Waals surface area contributed by atoms with E-state index >= 15 is 0 Å². The van der Waals surface area contributed by atoms with E-state index in [0.717, 1.165) is 50.4 Å². The molecule has 8 atom stereocenters. The van der Waals surface area contributed by atoms with E-state index in [1.165, 1.54) is 57.8 Å². The van der Waals surface area contributed by atoms with Crippen LogP contribution < -0.4 is 5.32 Å². The van der Waals surface area contributed by atoms with Crippen molar-refractivity contribution in [3.05, 3.63) is 0 Å². The van der Waals surface area contributed by atoms with Gasteiger partial charge in [0.1, 0.15) is 5.78 Å². The Labute approximate surface area is 213 Å². The number of hydrogen-bond acceptors (Lipinski definition) is 4. The van der Waals surface area contributed by atoms with Gasteiger partial charge in [0.25, 0.3) is 0 Å². The molecule has 200 valence electrons. The van der Waals surface area contributed by atoms with E-state index in [1.54, 1.807) is 0 Å². The van der Waals surface area contributed by atoms with Crippen molar-refractivity contribution in [1.29, 1.82) is 0 Å². The summed E-state index contributed by atoms with van der Waals surface area (Å²) in [5.74, 6) is 3.96. The zero-order valence-corrected chi connectivity index (χ0v) is 22.4. The quantitative estimate of drug-likeness (QED) is 0.339. The van der Waals surface area contributed by atoms with E-state index in [9.17, 15) is 14.7 Å². The van der Waals surface area contributed by atoms with Crippen LogP contribution in [0.25, 0.3) is 0 Å². The number of rotatable bonds is 11. The van der Waals surface area contributed by atoms with Gasteiger partial charge in [-0.05, 0) is 85.4 Å². The Hall–Kier alpha value is -0.940. The van der Waals surface area contributed by atoms with Crippen LogP contribution in [0.3, 0.4) is 0 Å². The first-order valence-electron chi connectivity index (χ1n) is 14.9. The van der Waals surface area contributed by atoms with Crippen molar-refractivity contribution in [2.75, 3.05) is 13.2 Å². The van der Waals surface area contributed by atoms with Crippen LogP contribution >= 0.6 is 0 Å². The molecular weight excluding hydrogens is 438 g/mol. The molecule has 4 saturated carbocycles. The fourth-order valence-corrected chi connectivity index (χ4v) is 9.17. The Morgan fingerprint density at radius 2 is 1.69 bits per heavy atom. The van der Waals surface area contributed by atoms with E-state index in [0.29, 0.717) is 41.9 Å². The van der Waals surface area contributed by atoms with Gasteiger partial charge in [-0.2, -0.15) is 0 Å². The van der Waals surface area contributed by atoms with E-state index < -0.39 is 0 Å². The van der Waals surface area contributed by atoms with E-state index in [-0.39, 0.29) is 24.0 Å². The number of aliphatic hydroxyl groups is 2. The minimum atomic E-state index is -0.127. The smallest absolute Gasteiger partial charge is 0.220 e. The summed E-state index contributed by atoms with van der Waals surface area (Å²) in [5, 5.41) is 22.4. The van der Waals surface area contributed by atoms with Gasteiger partial charge in [0, 0.05) is 25.8 Å². The van der Waals surface area contributed by atoms with Crippen LogP contribution in [0.4, 0.5) is 0 Å². The van der Waals surface area contributed by atoms with Crippen LogP contribution in [-0.2, 0) is 9.59 Å². The van der Waals surface area contributed by atoms with Gasteiger partial charge in [-0.1, -0.05) is 52.4 Å². The van der Waals surface area contributed by atoms with Crippen LogP contribution in [0.2, 0.25) is 0 Å². The van der Waals surface area contributed by atoms with Gasteiger partial charge < -0.3 is 15.5 Å². The highest BCUT2D eigenvalue weighted by atomic mass is 16.3. The minimum absolute atomic E-state index is 0.00516. The topological polar surface area (TPSA) is 86.6 Å². The molecule has 3 N–H and O–H groups in total. The Morgan fingerprint density at radius 1 is 0.971 bits per heavy atom. The summed E-state index contributed by atoms with van der Waals surface area (Å²) < 4.78 is 0. The van der Waals surface area contributed by atoms with Crippen molar-refractivity contribution in [3.63, 3.8) is 0 Å². The first-order chi connectivity index (χ1) is 16.8. The predicted octanol–water partition coefficient (Wildman–Crippen LogP) is 5.41. The molecule has 4 rings (SSSR count). The van der Waals surface area contributed by atoms with Crippen LogP contribution in [0.15, 0.2) is 0 Å². The molecule has 0 unspecified atom stereocenters. The lowest BCUT2D eigenvalue weighted by Gasteiger charge is -2.62. The second kappa shape index (κ2) is 11.6. The lowest BCUT2D eigenvalue weighted by atomic mass is 9.42. The number of carbonyl (C=O) groups is 2. The van der Waals surface area contributed by atoms with Gasteiger partial charge in [0.15, 0.2) is 0 Å². The van der Waals surface area contributed by atoms with Gasteiger partial charge in [0.2, 0.25) is 5.91 Å². The first kappa shape index (κ1) is 27.1. The van der Waals surface area contributed by atoms with Crippen molar-refractivity contribution >= 4 is 11.7 Å². The molecular formula is C30H51NO4. The highest BCUT2D eigenvalue weighted by Crippen LogP contribution is 2.67. The number of Topliss-reactive ketones (excluding diaryl/α,β-unsaturated/α-hetero) is 1. The van der Waals surface area contributed by atoms with Crippen LogP contribution in [0.1, 0.15) is 117 Å². The summed E-state index contributed by atoms with van der Waals surface area (Å²) in [7, 11) is 0. The summed E-state index contributed by atoms with van der Waals surface area (Å²) in [4.78, 5) is 24.0. The van der Waals surface area contributed by atoms with Crippen LogP contribution in [-0.4, -0.2) is 41.2 Å². The Balaban J connectivity index is 1.30. The fraction of sp³-hybridized carbons (Fsp3) is 0.933. The molecule has 1 amide bonds. The first-order valence-corrected chi connectivity index (χ1v) is 14.9. The minimum Gasteiger partial charge on any atom is -0.395 e. The van der Waals surface area contributed by atoms with Crippen LogP contribution in [0, 0.1) is 40.4 Å². The standard InChI is InChI=1S/C30H51NO4/c1-29-15-13-23(33)20-22(29)19-21(9-7-5-3-4-6-8-10-27(35)31-17-18-32)28-24-11-12-26(34)30(24,2)16-14-25(28)29/h21-22,24-26,28,32,34H,3-20H2,1-2H3,(H,31,35)/t21-,22+,24+,25+,26+,28+,29+,30+/m1/s1. The number of hydrogen-bond donors (Lipinski definition) is 3. The highest BCUT2D eigenvalue weighted by Gasteiger charge is 2.62. The van der Waals surface area contributed by atoms with E-state index in [1.807, 2.05) is 0 Å². The van der Waals surface area contributed by atoms with Crippen molar-refractivity contribution in [2.24, 2.45) is 40.4 Å². The zero-order valence-electron chi connectivity index (χ0n) is 22.4. The molecule has 0 heterocycles. The molecule has 0 radical (unpaired) electrons. The molecule has 5 nitrogen and oxygen atoms in total. The molecule has 35 heavy (non-hydrogen) atoms. The zero-order chi connectivity index (χ0) is 25.1. The molecule has 0 aromatic rings. The molecule has 5 heteroatoms. The second-order valence-electron chi connectivity index (χ2n) is 13.1. The number of fused-ring (bicyclic) bond motifs is 5. The van der Waals surface area contributed by atoms with Gasteiger partial charge in [0.05, 0.1) is 12.7 Å². The van der Waals surface area contributed by atoms with Crippen LogP contribution in [0.5, 0.6) is 0 Å². The average Bonchev–Trinajstić information content (AvgIpc) is 3.14. The number of amides is 1. The monoisotopic (exact) mass is 489 g/mol. The summed E-state index contributed by atoms with van der Waals surface area (Å²) in [5.41, 5.74) is 0.435. The highest BCUT2D eigenvalue weighted by molar-refractivity contribution is 5.79. The van der Waals surface area contributed by atoms with E-state index in [4.69, 9.17) is 5.11 Å². The van der Waals surface area contributed by atoms with Gasteiger partial charge in [-0.15, -0.1) is 0 Å². The number of unbranched alkanes of at least 4 members (excludes halogenated alkanes) is 5. The summed E-state index contributed by atoms with van der Waals surface area (Å²) in [6.45, 7) is 5.27. The third kappa shape index (κ3) is 5.66. The summed E-state index contributed by atoms with van der Waals surface area (Å²) in [6, 6.07) is 0. The normalized spacial score (nSPS) is 40.6. The third-order valence-corrected chi connectivity index (χ3v) is 11.3. The molecule has 4 aliphatic rings. The molecule has 0 spiro atoms. The van der Waals surface area contributed by atoms with Crippen molar-refractivity contribution in [3.8, 4) is 0 Å². The predicted molar refractivity (Wildman–Crippen MR) is 139 cm³/mol. The maximum Gasteiger partial charge on any atom is 0.220 e. The number of ketones is 1. The third-order valence-electron chi connectivity index (χ3n) is 11.3. The Kier molecular flexibility index (Phi) is 9.00. The van der Waals surface area contributed by atoms with Crippen molar-refractivity contribution in [2.45, 2.75) is 123 Å². The van der Waals surface area contributed by atoms with Gasteiger partial charge >= 0.3 is 0 Å². The Morgan fingerprint density at radius 3 is 2.46 bits per heavy atom. The fourth-order valence-electron chi connectivity index (χ4n) is 9.17. The van der Waals surface area contributed by atoms with E-state index in [2.05, 4.69) is 19.2 Å². The number of nitrogens with one attached hydrogen (secondary N) is 1. The molecule has 4 aliphatic carbocycles. The average molecular weight is 490 g/mol. The lowest BCUT2D eigenvalue weighted by molar-refractivity contribution is -0.156. The van der Waals surface area contributed by atoms with Gasteiger partial charge in [-0.3, -0.25) is 9.59 Å². The largest absolute Gasteiger partial charge is 0.395 e. The molecule has 0 saturated heterocycles. The van der Waals surface area contributed by atoms with Gasteiger partial charge in [-0.25, -0.2) is 0 Å².